The summed E-state index contributed by atoms with van der Waals surface area (Å²) >= 11 is 0. The van der Waals surface area contributed by atoms with E-state index in [1.54, 1.807) is 0 Å². The van der Waals surface area contributed by atoms with E-state index in [1.807, 2.05) is 43.4 Å². The molecule has 0 saturated carbocycles. The molecule has 0 aliphatic carbocycles. The number of anilines is 2. The van der Waals surface area contributed by atoms with Crippen molar-refractivity contribution in [1.82, 2.24) is 0 Å². The van der Waals surface area contributed by atoms with Crippen molar-refractivity contribution in [1.29, 1.82) is 0 Å². The fourth-order valence-electron chi connectivity index (χ4n) is 5.25. The third-order valence-corrected chi connectivity index (χ3v) is 7.61. The second-order valence-corrected chi connectivity index (χ2v) is 11.0. The van der Waals surface area contributed by atoms with E-state index in [9.17, 15) is 9.59 Å². The van der Waals surface area contributed by atoms with E-state index >= 15 is 0 Å². The highest BCUT2D eigenvalue weighted by Crippen LogP contribution is 2.24. The number of fused-ring (bicyclic) bond motifs is 2. The van der Waals surface area contributed by atoms with Crippen LogP contribution in [-0.2, 0) is 16.6 Å². The van der Waals surface area contributed by atoms with Gasteiger partial charge < -0.3 is 10.6 Å². The number of terminal acetylenes is 2. The number of aromatic nitrogens is 1. The Morgan fingerprint density at radius 1 is 0.610 bits per heavy atom. The van der Waals surface area contributed by atoms with Crippen LogP contribution in [0.3, 0.4) is 0 Å². The van der Waals surface area contributed by atoms with Crippen LogP contribution in [0.5, 0.6) is 0 Å². The Kier molecular flexibility index (Phi) is 13.7. The average Bonchev–Trinajstić information content (AvgIpc) is 2.96. The molecule has 3 aromatic rings. The number of hydrogen-bond acceptors (Lipinski definition) is 2. The van der Waals surface area contributed by atoms with Crippen LogP contribution < -0.4 is 15.2 Å². The van der Waals surface area contributed by atoms with Crippen molar-refractivity contribution in [2.24, 2.45) is 7.05 Å². The predicted octanol–water partition coefficient (Wildman–Crippen LogP) is 8.20. The van der Waals surface area contributed by atoms with E-state index in [0.29, 0.717) is 12.8 Å². The van der Waals surface area contributed by atoms with Crippen LogP contribution in [0.1, 0.15) is 103 Å². The normalized spacial score (nSPS) is 10.8. The van der Waals surface area contributed by atoms with Gasteiger partial charge in [-0.15, -0.1) is 24.7 Å². The number of carbonyl (C=O) groups is 2. The highest BCUT2D eigenvalue weighted by Gasteiger charge is 2.15. The summed E-state index contributed by atoms with van der Waals surface area (Å²) in [5.41, 5.74) is 3.64. The topological polar surface area (TPSA) is 62.1 Å². The number of carbonyl (C=O) groups excluding carboxylic acids is 2. The predicted molar refractivity (Wildman–Crippen MR) is 171 cm³/mol. The molecule has 5 nitrogen and oxygen atoms in total. The standard InChI is InChI=1S/C36H45N3O2/c1-4-6-8-10-12-14-16-18-20-35(40)37-31-24-22-29-26-30-23-25-32(28-34(30)39(3)33(29)27-31)38-36(41)21-19-17-15-13-11-9-7-5-2/h1-2,22-28H,6-21H2,3H3,(H,37,38,40,41)/p+1. The van der Waals surface area contributed by atoms with E-state index < -0.39 is 0 Å². The first-order valence-corrected chi connectivity index (χ1v) is 15.3. The zero-order valence-electron chi connectivity index (χ0n) is 24.8. The lowest BCUT2D eigenvalue weighted by Crippen LogP contribution is -2.30. The molecular weight excluding hydrogens is 506 g/mol. The van der Waals surface area contributed by atoms with Gasteiger partial charge in [0.15, 0.2) is 0 Å². The number of nitrogens with zero attached hydrogens (tertiary/aromatic N) is 1. The maximum Gasteiger partial charge on any atom is 0.224 e. The van der Waals surface area contributed by atoms with E-state index in [1.165, 1.54) is 25.7 Å². The van der Waals surface area contributed by atoms with E-state index in [-0.39, 0.29) is 11.8 Å². The molecule has 1 heterocycles. The number of benzene rings is 2. The molecule has 3 rings (SSSR count). The molecule has 2 aromatic carbocycles. The lowest BCUT2D eigenvalue weighted by Gasteiger charge is -2.09. The fraction of sp³-hybridized carbons (Fsp3) is 0.472. The van der Waals surface area contributed by atoms with Crippen molar-refractivity contribution in [3.8, 4) is 24.7 Å². The highest BCUT2D eigenvalue weighted by molar-refractivity contribution is 5.97. The van der Waals surface area contributed by atoms with E-state index in [2.05, 4.69) is 33.1 Å². The first-order chi connectivity index (χ1) is 20.0. The summed E-state index contributed by atoms with van der Waals surface area (Å²) in [5.74, 6) is 5.46. The molecule has 0 radical (unpaired) electrons. The minimum atomic E-state index is 0.0500. The van der Waals surface area contributed by atoms with E-state index in [4.69, 9.17) is 12.8 Å². The average molecular weight is 553 g/mol. The van der Waals surface area contributed by atoms with Crippen LogP contribution in [0.25, 0.3) is 21.8 Å². The summed E-state index contributed by atoms with van der Waals surface area (Å²) in [6.07, 6.45) is 26.5. The molecule has 2 amide bonds. The third kappa shape index (κ3) is 10.9. The van der Waals surface area contributed by atoms with Gasteiger partial charge in [-0.25, -0.2) is 0 Å². The summed E-state index contributed by atoms with van der Waals surface area (Å²) in [7, 11) is 2.02. The van der Waals surface area contributed by atoms with Crippen LogP contribution in [0.2, 0.25) is 0 Å². The molecule has 0 bridgehead atoms. The lowest BCUT2D eigenvalue weighted by molar-refractivity contribution is -0.617. The Morgan fingerprint density at radius 2 is 1.00 bits per heavy atom. The quantitative estimate of drug-likeness (QED) is 0.0723. The molecule has 0 saturated heterocycles. The summed E-state index contributed by atoms with van der Waals surface area (Å²) in [5, 5.41) is 8.33. The maximum absolute atomic E-state index is 12.5. The van der Waals surface area contributed by atoms with Crippen LogP contribution in [0.15, 0.2) is 42.5 Å². The van der Waals surface area contributed by atoms with Gasteiger partial charge >= 0.3 is 0 Å². The second-order valence-electron chi connectivity index (χ2n) is 11.0. The molecule has 0 spiro atoms. The highest BCUT2D eigenvalue weighted by atomic mass is 16.2. The van der Waals surface area contributed by atoms with Gasteiger partial charge in [0.25, 0.3) is 0 Å². The Hall–Kier alpha value is -3.83. The molecule has 0 unspecified atom stereocenters. The SMILES string of the molecule is C#CCCCCCCCCC(=O)Nc1ccc2cc3ccc(NC(=O)CCCCCCCCC#C)cc3[n+](C)c2c1. The van der Waals surface area contributed by atoms with Crippen LogP contribution in [0.4, 0.5) is 11.4 Å². The Morgan fingerprint density at radius 3 is 1.41 bits per heavy atom. The number of nitrogens with one attached hydrogen (secondary N) is 2. The van der Waals surface area contributed by atoms with Crippen molar-refractivity contribution in [2.75, 3.05) is 10.6 Å². The Bertz CT molecular complexity index is 1280. The van der Waals surface area contributed by atoms with Gasteiger partial charge in [0, 0.05) is 60.0 Å². The Labute approximate surface area is 246 Å². The molecule has 0 atom stereocenters. The van der Waals surface area contributed by atoms with Gasteiger partial charge in [0.2, 0.25) is 22.8 Å². The maximum atomic E-state index is 12.5. The number of pyridine rings is 1. The monoisotopic (exact) mass is 552 g/mol. The molecule has 216 valence electrons. The van der Waals surface area contributed by atoms with Crippen molar-refractivity contribution in [3.63, 3.8) is 0 Å². The van der Waals surface area contributed by atoms with Crippen molar-refractivity contribution in [2.45, 2.75) is 103 Å². The zero-order valence-corrected chi connectivity index (χ0v) is 24.8. The number of hydrogen-bond donors (Lipinski definition) is 2. The lowest BCUT2D eigenvalue weighted by atomic mass is 10.1. The molecular formula is C36H46N3O2+. The van der Waals surface area contributed by atoms with Crippen molar-refractivity contribution < 1.29 is 14.2 Å². The number of unbranched alkanes of at least 4 members (excludes halogenated alkanes) is 12. The molecule has 0 fully saturated rings. The molecule has 1 aromatic heterocycles. The first-order valence-electron chi connectivity index (χ1n) is 15.3. The van der Waals surface area contributed by atoms with Crippen LogP contribution in [0, 0.1) is 24.7 Å². The molecule has 0 aliphatic rings. The number of amides is 2. The summed E-state index contributed by atoms with van der Waals surface area (Å²) < 4.78 is 2.12. The van der Waals surface area contributed by atoms with Gasteiger partial charge in [-0.1, -0.05) is 51.4 Å². The smallest absolute Gasteiger partial charge is 0.224 e. The molecule has 0 aliphatic heterocycles. The summed E-state index contributed by atoms with van der Waals surface area (Å²) in [4.78, 5) is 25.1. The first kappa shape index (κ1) is 31.7. The summed E-state index contributed by atoms with van der Waals surface area (Å²) in [6, 6.07) is 14.2. The zero-order chi connectivity index (χ0) is 29.3. The summed E-state index contributed by atoms with van der Waals surface area (Å²) in [6.45, 7) is 0. The van der Waals surface area contributed by atoms with Gasteiger partial charge in [-0.2, -0.15) is 4.57 Å². The minimum Gasteiger partial charge on any atom is -0.326 e. The minimum absolute atomic E-state index is 0.0500. The van der Waals surface area contributed by atoms with Crippen LogP contribution >= 0.6 is 0 Å². The third-order valence-electron chi connectivity index (χ3n) is 7.61. The second kappa shape index (κ2) is 17.8. The van der Waals surface area contributed by atoms with Crippen LogP contribution in [-0.4, -0.2) is 11.8 Å². The Balaban J connectivity index is 1.52. The van der Waals surface area contributed by atoms with Gasteiger partial charge in [-0.3, -0.25) is 9.59 Å². The van der Waals surface area contributed by atoms with Crippen molar-refractivity contribution in [3.05, 3.63) is 42.5 Å². The molecule has 5 heteroatoms. The largest absolute Gasteiger partial charge is 0.326 e. The van der Waals surface area contributed by atoms with Gasteiger partial charge in [0.05, 0.1) is 0 Å². The van der Waals surface area contributed by atoms with Gasteiger partial charge in [0.1, 0.15) is 7.05 Å². The number of rotatable bonds is 18. The molecule has 2 N–H and O–H groups in total. The fourth-order valence-corrected chi connectivity index (χ4v) is 5.25. The van der Waals surface area contributed by atoms with E-state index in [0.717, 1.165) is 97.4 Å². The number of aryl methyl sites for hydroxylation is 1. The van der Waals surface area contributed by atoms with Gasteiger partial charge in [-0.05, 0) is 56.0 Å². The molecule has 41 heavy (non-hydrogen) atoms. The van der Waals surface area contributed by atoms with Crippen molar-refractivity contribution >= 4 is 45.0 Å².